The number of rotatable bonds is 4. The molecule has 1 N–H and O–H groups in total. The predicted molar refractivity (Wildman–Crippen MR) is 91.1 cm³/mol. The third kappa shape index (κ3) is 2.85. The highest BCUT2D eigenvalue weighted by atomic mass is 35.5. The summed E-state index contributed by atoms with van der Waals surface area (Å²) in [6, 6.07) is 16.1. The fourth-order valence-electron chi connectivity index (χ4n) is 2.72. The third-order valence-corrected chi connectivity index (χ3v) is 4.16. The Kier molecular flexibility index (Phi) is 4.16. The number of nitrogens with zero attached hydrogens (tertiary/aromatic N) is 2. The van der Waals surface area contributed by atoms with Crippen molar-refractivity contribution < 1.29 is 5.21 Å². The van der Waals surface area contributed by atoms with Gasteiger partial charge in [-0.1, -0.05) is 53.2 Å². The van der Waals surface area contributed by atoms with Crippen LogP contribution in [0.1, 0.15) is 18.1 Å². The molecule has 0 unspecified atom stereocenters. The Balaban J connectivity index is 2.05. The van der Waals surface area contributed by atoms with E-state index < -0.39 is 0 Å². The van der Waals surface area contributed by atoms with Crippen molar-refractivity contribution in [2.24, 2.45) is 5.16 Å². The van der Waals surface area contributed by atoms with Crippen molar-refractivity contribution in [3.8, 4) is 0 Å². The summed E-state index contributed by atoms with van der Waals surface area (Å²) in [5.41, 5.74) is 4.09. The van der Waals surface area contributed by atoms with Gasteiger partial charge in [0.2, 0.25) is 0 Å². The zero-order valence-corrected chi connectivity index (χ0v) is 13.1. The number of para-hydroxylation sites is 1. The van der Waals surface area contributed by atoms with Crippen LogP contribution in [0.4, 0.5) is 0 Å². The second kappa shape index (κ2) is 6.24. The highest BCUT2D eigenvalue weighted by Crippen LogP contribution is 2.25. The van der Waals surface area contributed by atoms with Gasteiger partial charge in [0.1, 0.15) is 0 Å². The maximum atomic E-state index is 8.91. The van der Waals surface area contributed by atoms with Crippen molar-refractivity contribution in [3.05, 3.63) is 70.9 Å². The molecule has 0 aliphatic carbocycles. The van der Waals surface area contributed by atoms with Gasteiger partial charge in [0.05, 0.1) is 5.71 Å². The first-order valence-corrected chi connectivity index (χ1v) is 7.54. The average Bonchev–Trinajstić information content (AvgIpc) is 2.88. The summed E-state index contributed by atoms with van der Waals surface area (Å²) in [5, 5.41) is 14.1. The largest absolute Gasteiger partial charge is 0.411 e. The van der Waals surface area contributed by atoms with Gasteiger partial charge in [-0.25, -0.2) is 0 Å². The quantitative estimate of drug-likeness (QED) is 0.422. The zero-order chi connectivity index (χ0) is 15.5. The van der Waals surface area contributed by atoms with Crippen LogP contribution < -0.4 is 0 Å². The van der Waals surface area contributed by atoms with E-state index in [4.69, 9.17) is 16.8 Å². The van der Waals surface area contributed by atoms with E-state index in [-0.39, 0.29) is 0 Å². The summed E-state index contributed by atoms with van der Waals surface area (Å²) in [5.74, 6) is 0. The highest BCUT2D eigenvalue weighted by molar-refractivity contribution is 6.31. The Hall–Kier alpha value is -2.26. The minimum atomic E-state index is 0.631. The third-order valence-electron chi connectivity index (χ3n) is 3.79. The van der Waals surface area contributed by atoms with Gasteiger partial charge < -0.3 is 9.77 Å². The molecule has 0 radical (unpaired) electrons. The summed E-state index contributed by atoms with van der Waals surface area (Å²) in [4.78, 5) is 0. The van der Waals surface area contributed by atoms with Crippen LogP contribution in [0.2, 0.25) is 5.02 Å². The Labute approximate surface area is 134 Å². The average molecular weight is 313 g/mol. The molecular weight excluding hydrogens is 296 g/mol. The van der Waals surface area contributed by atoms with Crippen LogP contribution in [0.5, 0.6) is 0 Å². The van der Waals surface area contributed by atoms with Crippen LogP contribution in [0, 0.1) is 0 Å². The lowest BCUT2D eigenvalue weighted by Gasteiger charge is -2.07. The van der Waals surface area contributed by atoms with E-state index in [2.05, 4.69) is 28.1 Å². The lowest BCUT2D eigenvalue weighted by molar-refractivity contribution is 0.317. The van der Waals surface area contributed by atoms with Crippen LogP contribution in [0.25, 0.3) is 10.9 Å². The molecule has 0 aliphatic rings. The van der Waals surface area contributed by atoms with E-state index in [0.717, 1.165) is 28.2 Å². The van der Waals surface area contributed by atoms with Gasteiger partial charge in [0.15, 0.2) is 0 Å². The summed E-state index contributed by atoms with van der Waals surface area (Å²) in [6.07, 6.45) is 2.75. The van der Waals surface area contributed by atoms with Crippen molar-refractivity contribution in [1.29, 1.82) is 0 Å². The molecule has 0 atom stereocenters. The Morgan fingerprint density at radius 2 is 1.82 bits per heavy atom. The van der Waals surface area contributed by atoms with Crippen molar-refractivity contribution in [2.75, 3.05) is 0 Å². The zero-order valence-electron chi connectivity index (χ0n) is 12.3. The number of aromatic nitrogens is 1. The maximum absolute atomic E-state index is 8.91. The van der Waals surface area contributed by atoms with Crippen molar-refractivity contribution in [2.45, 2.75) is 19.9 Å². The van der Waals surface area contributed by atoms with Crippen LogP contribution in [0.3, 0.4) is 0 Å². The monoisotopic (exact) mass is 312 g/mol. The number of benzene rings is 2. The highest BCUT2D eigenvalue weighted by Gasteiger charge is 2.10. The lowest BCUT2D eigenvalue weighted by atomic mass is 10.1. The summed E-state index contributed by atoms with van der Waals surface area (Å²) in [7, 11) is 0. The van der Waals surface area contributed by atoms with Gasteiger partial charge in [-0.15, -0.1) is 0 Å². The molecule has 0 saturated carbocycles. The van der Waals surface area contributed by atoms with Gasteiger partial charge in [0, 0.05) is 35.1 Å². The van der Waals surface area contributed by atoms with Gasteiger partial charge >= 0.3 is 0 Å². The van der Waals surface area contributed by atoms with Gasteiger partial charge in [-0.3, -0.25) is 0 Å². The topological polar surface area (TPSA) is 37.5 Å². The first-order chi connectivity index (χ1) is 10.7. The molecule has 0 spiro atoms. The Morgan fingerprint density at radius 3 is 2.59 bits per heavy atom. The number of hydrogen-bond donors (Lipinski definition) is 1. The van der Waals surface area contributed by atoms with Crippen LogP contribution in [0.15, 0.2) is 59.9 Å². The first-order valence-electron chi connectivity index (χ1n) is 7.16. The molecule has 0 saturated heterocycles. The van der Waals surface area contributed by atoms with E-state index >= 15 is 0 Å². The standard InChI is InChI=1S/C18H17ClN2O/c1-13(20-22)10-15-12-21(18-9-5-3-7-16(15)18)11-14-6-2-4-8-17(14)19/h2-9,12,22H,10-11H2,1H3. The number of fused-ring (bicyclic) bond motifs is 1. The van der Waals surface area contributed by atoms with Crippen molar-refractivity contribution >= 4 is 28.2 Å². The SMILES string of the molecule is CC(Cc1cn(Cc2ccccc2Cl)c2ccccc12)=NO. The molecule has 3 aromatic rings. The van der Waals surface area contributed by atoms with E-state index in [1.807, 2.05) is 43.3 Å². The molecular formula is C18H17ClN2O. The van der Waals surface area contributed by atoms with E-state index in [1.54, 1.807) is 0 Å². The van der Waals surface area contributed by atoms with Gasteiger partial charge in [0.25, 0.3) is 0 Å². The Bertz CT molecular complexity index is 836. The Morgan fingerprint density at radius 1 is 1.09 bits per heavy atom. The minimum Gasteiger partial charge on any atom is -0.411 e. The summed E-state index contributed by atoms with van der Waals surface area (Å²) < 4.78 is 2.19. The van der Waals surface area contributed by atoms with Gasteiger partial charge in [-0.05, 0) is 30.2 Å². The fraction of sp³-hybridized carbons (Fsp3) is 0.167. The molecule has 112 valence electrons. The van der Waals surface area contributed by atoms with Crippen LogP contribution in [-0.4, -0.2) is 15.5 Å². The van der Waals surface area contributed by atoms with E-state index in [9.17, 15) is 0 Å². The molecule has 3 nitrogen and oxygen atoms in total. The molecule has 4 heteroatoms. The van der Waals surface area contributed by atoms with Gasteiger partial charge in [-0.2, -0.15) is 0 Å². The molecule has 1 heterocycles. The van der Waals surface area contributed by atoms with Crippen LogP contribution in [-0.2, 0) is 13.0 Å². The van der Waals surface area contributed by atoms with E-state index in [0.29, 0.717) is 12.1 Å². The first kappa shape index (κ1) is 14.7. The molecule has 0 aliphatic heterocycles. The van der Waals surface area contributed by atoms with Crippen molar-refractivity contribution in [3.63, 3.8) is 0 Å². The molecule has 1 aromatic heterocycles. The fourth-order valence-corrected chi connectivity index (χ4v) is 2.91. The van der Waals surface area contributed by atoms with E-state index in [1.165, 1.54) is 5.39 Å². The second-order valence-electron chi connectivity index (χ2n) is 5.40. The molecule has 22 heavy (non-hydrogen) atoms. The number of hydrogen-bond acceptors (Lipinski definition) is 2. The second-order valence-corrected chi connectivity index (χ2v) is 5.81. The maximum Gasteiger partial charge on any atom is 0.0584 e. The molecule has 3 rings (SSSR count). The number of oxime groups is 1. The summed E-state index contributed by atoms with van der Waals surface area (Å²) in [6.45, 7) is 2.54. The molecule has 0 bridgehead atoms. The predicted octanol–water partition coefficient (Wildman–Crippen LogP) is 4.74. The normalized spacial score (nSPS) is 12.0. The number of halogens is 1. The smallest absolute Gasteiger partial charge is 0.0584 e. The van der Waals surface area contributed by atoms with Crippen LogP contribution >= 0.6 is 11.6 Å². The summed E-state index contributed by atoms with van der Waals surface area (Å²) >= 11 is 6.27. The minimum absolute atomic E-state index is 0.631. The molecule has 0 amide bonds. The lowest BCUT2D eigenvalue weighted by Crippen LogP contribution is -1.99. The molecule has 2 aromatic carbocycles. The molecule has 0 fully saturated rings. The van der Waals surface area contributed by atoms with Crippen molar-refractivity contribution in [1.82, 2.24) is 4.57 Å².